The molecule has 6 atom stereocenters. The Labute approximate surface area is 202 Å². The fraction of sp³-hybridized carbons (Fsp3) is 0.769. The second-order valence-corrected chi connectivity index (χ2v) is 13.4. The minimum absolute atomic E-state index is 0.0290. The lowest BCUT2D eigenvalue weighted by atomic mass is 9.35. The van der Waals surface area contributed by atoms with Crippen molar-refractivity contribution in [3.63, 3.8) is 0 Å². The van der Waals surface area contributed by atoms with Crippen molar-refractivity contribution in [3.8, 4) is 11.5 Å². The first kappa shape index (κ1) is 21.9. The third-order valence-electron chi connectivity index (χ3n) is 10.5. The third kappa shape index (κ3) is 2.56. The topological polar surface area (TPSA) is 74.3 Å². The van der Waals surface area contributed by atoms with Crippen molar-refractivity contribution in [2.45, 2.75) is 68.1 Å². The van der Waals surface area contributed by atoms with Gasteiger partial charge < -0.3 is 14.2 Å². The summed E-state index contributed by atoms with van der Waals surface area (Å²) in [6.45, 7) is 2.43. The molecular formula is C26H35NO6S. The first-order valence-corrected chi connectivity index (χ1v) is 14.6. The molecular weight excluding hydrogens is 454 g/mol. The van der Waals surface area contributed by atoms with E-state index in [2.05, 4.69) is 17.0 Å². The number of ether oxygens (including phenoxy) is 3. The van der Waals surface area contributed by atoms with Crippen LogP contribution in [0.1, 0.15) is 49.7 Å². The van der Waals surface area contributed by atoms with Crippen LogP contribution in [0.2, 0.25) is 0 Å². The zero-order valence-corrected chi connectivity index (χ0v) is 21.2. The molecule has 5 aliphatic carbocycles. The zero-order valence-electron chi connectivity index (χ0n) is 20.3. The second kappa shape index (κ2) is 6.90. The molecule has 2 heterocycles. The largest absolute Gasteiger partial charge is 0.493 e. The van der Waals surface area contributed by atoms with Gasteiger partial charge in [-0.3, -0.25) is 9.08 Å². The van der Waals surface area contributed by atoms with E-state index in [1.54, 1.807) is 14.2 Å². The summed E-state index contributed by atoms with van der Waals surface area (Å²) in [6, 6.07) is 4.76. The number of piperidine rings is 1. The molecule has 1 saturated heterocycles. The molecule has 7 aliphatic rings. The van der Waals surface area contributed by atoms with Gasteiger partial charge in [0.2, 0.25) is 0 Å². The molecule has 4 bridgehead atoms. The molecule has 34 heavy (non-hydrogen) atoms. The highest BCUT2D eigenvalue weighted by Gasteiger charge is 2.80. The summed E-state index contributed by atoms with van der Waals surface area (Å²) in [4.78, 5) is 2.78. The van der Waals surface area contributed by atoms with Gasteiger partial charge in [-0.15, -0.1) is 0 Å². The van der Waals surface area contributed by atoms with Crippen LogP contribution in [0.25, 0.3) is 0 Å². The SMILES string of the molecule is COc1ccc2c3c1O[C@H]1[C@@]4(OC)CC[C@@]5(C[C@H]4COS(C)(=O)=O)[C@@H](C2)N(CC2CC2)CC[C@]315. The number of methoxy groups -OCH3 is 2. The Hall–Kier alpha value is -1.35. The van der Waals surface area contributed by atoms with Gasteiger partial charge in [0.25, 0.3) is 10.1 Å². The molecule has 1 aromatic rings. The Bertz CT molecular complexity index is 1150. The maximum absolute atomic E-state index is 12.0. The number of fused-ring (bicyclic) bond motifs is 2. The lowest BCUT2D eigenvalue weighted by Crippen LogP contribution is -2.81. The minimum Gasteiger partial charge on any atom is -0.493 e. The summed E-state index contributed by atoms with van der Waals surface area (Å²) >= 11 is 0. The summed E-state index contributed by atoms with van der Waals surface area (Å²) in [5.74, 6) is 2.50. The Morgan fingerprint density at radius 3 is 2.71 bits per heavy atom. The lowest BCUT2D eigenvalue weighted by Gasteiger charge is -2.73. The molecule has 8 heteroatoms. The van der Waals surface area contributed by atoms with Crippen molar-refractivity contribution in [1.29, 1.82) is 0 Å². The van der Waals surface area contributed by atoms with Gasteiger partial charge in [-0.25, -0.2) is 0 Å². The average Bonchev–Trinajstić information content (AvgIpc) is 3.56. The normalized spacial score (nSPS) is 41.8. The Morgan fingerprint density at radius 1 is 1.18 bits per heavy atom. The monoisotopic (exact) mass is 489 g/mol. The first-order valence-electron chi connectivity index (χ1n) is 12.8. The van der Waals surface area contributed by atoms with Crippen LogP contribution in [0.4, 0.5) is 0 Å². The van der Waals surface area contributed by atoms with E-state index in [0.29, 0.717) is 6.04 Å². The molecule has 1 aromatic carbocycles. The first-order chi connectivity index (χ1) is 16.3. The zero-order chi connectivity index (χ0) is 23.5. The molecule has 2 aliphatic heterocycles. The maximum Gasteiger partial charge on any atom is 0.264 e. The smallest absolute Gasteiger partial charge is 0.264 e. The van der Waals surface area contributed by atoms with Gasteiger partial charge in [-0.1, -0.05) is 6.07 Å². The quantitative estimate of drug-likeness (QED) is 0.545. The van der Waals surface area contributed by atoms with Crippen molar-refractivity contribution < 1.29 is 26.8 Å². The molecule has 0 N–H and O–H groups in total. The standard InChI is InChI=1S/C26H35NO6S/c1-30-19-7-6-17-12-20-24-8-9-26(31-2,18(13-24)15-32-34(3,28)29)23-25(24,21(17)22(19)33-23)10-11-27(20)14-16-4-5-16/h6-7,16,18,20,23H,4-5,8-15H2,1-3H3/t18-,20+,23+,24+,25-,26+/m0/s1. The summed E-state index contributed by atoms with van der Waals surface area (Å²) in [5, 5.41) is 0. The number of likely N-dealkylation sites (tertiary alicyclic amines) is 1. The predicted molar refractivity (Wildman–Crippen MR) is 126 cm³/mol. The van der Waals surface area contributed by atoms with Crippen molar-refractivity contribution in [2.75, 3.05) is 40.2 Å². The number of hydrogen-bond donors (Lipinski definition) is 0. The van der Waals surface area contributed by atoms with Crippen LogP contribution in [0.5, 0.6) is 11.5 Å². The van der Waals surface area contributed by atoms with Gasteiger partial charge in [-0.05, 0) is 69.0 Å². The molecule has 4 saturated carbocycles. The molecule has 8 rings (SSSR count). The summed E-state index contributed by atoms with van der Waals surface area (Å²) in [6.07, 6.45) is 8.62. The lowest BCUT2D eigenvalue weighted by molar-refractivity contribution is -0.280. The van der Waals surface area contributed by atoms with Crippen molar-refractivity contribution in [3.05, 3.63) is 23.3 Å². The van der Waals surface area contributed by atoms with Crippen molar-refractivity contribution in [2.24, 2.45) is 17.3 Å². The van der Waals surface area contributed by atoms with Gasteiger partial charge in [-0.2, -0.15) is 8.42 Å². The van der Waals surface area contributed by atoms with Gasteiger partial charge in [0.15, 0.2) is 11.5 Å². The van der Waals surface area contributed by atoms with Gasteiger partial charge >= 0.3 is 0 Å². The van der Waals surface area contributed by atoms with E-state index in [4.69, 9.17) is 18.4 Å². The molecule has 2 spiro atoms. The summed E-state index contributed by atoms with van der Waals surface area (Å²) in [7, 11) is -0.0559. The number of hydrogen-bond acceptors (Lipinski definition) is 7. The average molecular weight is 490 g/mol. The molecule has 0 radical (unpaired) electrons. The van der Waals surface area contributed by atoms with Gasteiger partial charge in [0.1, 0.15) is 11.7 Å². The highest BCUT2D eigenvalue weighted by molar-refractivity contribution is 7.85. The van der Waals surface area contributed by atoms with Crippen LogP contribution in [-0.2, 0) is 30.9 Å². The van der Waals surface area contributed by atoms with E-state index in [1.165, 1.54) is 30.5 Å². The molecule has 0 aromatic heterocycles. The van der Waals surface area contributed by atoms with E-state index in [-0.39, 0.29) is 29.5 Å². The Morgan fingerprint density at radius 2 is 2.00 bits per heavy atom. The third-order valence-corrected chi connectivity index (χ3v) is 11.1. The Kier molecular flexibility index (Phi) is 4.44. The van der Waals surface area contributed by atoms with Gasteiger partial charge in [0, 0.05) is 42.0 Å². The predicted octanol–water partition coefficient (Wildman–Crippen LogP) is 2.90. The van der Waals surface area contributed by atoms with E-state index < -0.39 is 15.7 Å². The van der Waals surface area contributed by atoms with Gasteiger partial charge in [0.05, 0.1) is 20.0 Å². The summed E-state index contributed by atoms with van der Waals surface area (Å²) < 4.78 is 48.5. The molecule has 0 unspecified atom stereocenters. The van der Waals surface area contributed by atoms with Crippen LogP contribution in [0.3, 0.4) is 0 Å². The van der Waals surface area contributed by atoms with Crippen LogP contribution in [0.15, 0.2) is 12.1 Å². The van der Waals surface area contributed by atoms with E-state index in [9.17, 15) is 8.42 Å². The van der Waals surface area contributed by atoms with E-state index in [1.807, 2.05) is 0 Å². The molecule has 0 amide bonds. The molecule has 5 fully saturated rings. The number of rotatable bonds is 7. The van der Waals surface area contributed by atoms with Crippen molar-refractivity contribution >= 4 is 10.1 Å². The highest BCUT2D eigenvalue weighted by atomic mass is 32.2. The van der Waals surface area contributed by atoms with Crippen LogP contribution in [0, 0.1) is 17.3 Å². The molecule has 186 valence electrons. The highest BCUT2D eigenvalue weighted by Crippen LogP contribution is 2.76. The minimum atomic E-state index is -3.54. The number of benzene rings is 1. The maximum atomic E-state index is 12.0. The summed E-state index contributed by atoms with van der Waals surface area (Å²) in [5.41, 5.74) is 2.10. The van der Waals surface area contributed by atoms with E-state index in [0.717, 1.165) is 62.3 Å². The van der Waals surface area contributed by atoms with Crippen LogP contribution < -0.4 is 9.47 Å². The van der Waals surface area contributed by atoms with Crippen molar-refractivity contribution in [1.82, 2.24) is 4.90 Å². The van der Waals surface area contributed by atoms with E-state index >= 15 is 0 Å². The fourth-order valence-electron chi connectivity index (χ4n) is 9.10. The fourth-order valence-corrected chi connectivity index (χ4v) is 9.51. The Balaban J connectivity index is 1.42. The number of nitrogens with zero attached hydrogens (tertiary/aromatic N) is 1. The van der Waals surface area contributed by atoms with Crippen LogP contribution in [-0.4, -0.2) is 71.2 Å². The molecule has 7 nitrogen and oxygen atoms in total. The van der Waals surface area contributed by atoms with Crippen LogP contribution >= 0.6 is 0 Å². The second-order valence-electron chi connectivity index (χ2n) is 11.7.